The van der Waals surface area contributed by atoms with Gasteiger partial charge in [0.25, 0.3) is 0 Å². The van der Waals surface area contributed by atoms with Crippen molar-refractivity contribution in [3.8, 4) is 0 Å². The van der Waals surface area contributed by atoms with Crippen LogP contribution in [0.5, 0.6) is 0 Å². The summed E-state index contributed by atoms with van der Waals surface area (Å²) in [5.74, 6) is 0.190. The maximum absolute atomic E-state index is 11.8. The van der Waals surface area contributed by atoms with Gasteiger partial charge in [-0.3, -0.25) is 9.69 Å². The van der Waals surface area contributed by atoms with Gasteiger partial charge in [-0.15, -0.1) is 0 Å². The Bertz CT molecular complexity index is 342. The Hall–Kier alpha value is -1.35. The van der Waals surface area contributed by atoms with Crippen molar-refractivity contribution in [1.82, 2.24) is 9.80 Å². The molecular weight excluding hydrogens is 212 g/mol. The van der Waals surface area contributed by atoms with E-state index in [-0.39, 0.29) is 5.91 Å². The molecule has 0 aromatic rings. The van der Waals surface area contributed by atoms with Crippen LogP contribution in [0.3, 0.4) is 0 Å². The van der Waals surface area contributed by atoms with Crippen molar-refractivity contribution >= 4 is 5.91 Å². The van der Waals surface area contributed by atoms with Crippen molar-refractivity contribution in [3.63, 3.8) is 0 Å². The lowest BCUT2D eigenvalue weighted by Crippen LogP contribution is -2.47. The fourth-order valence-electron chi connectivity index (χ4n) is 1.81. The van der Waals surface area contributed by atoms with Crippen molar-refractivity contribution in [2.45, 2.75) is 20.3 Å². The van der Waals surface area contributed by atoms with Crippen LogP contribution in [0.15, 0.2) is 36.1 Å². The lowest BCUT2D eigenvalue weighted by atomic mass is 10.2. The standard InChI is InChI=1S/C12H16N2O.C2H6/c1-13-8-9-14(12(15)10-13)11-6-4-2-3-5-7-11;1-2/h2,4-7H,3,8-10H2,1H3;1-2H3. The van der Waals surface area contributed by atoms with Crippen LogP contribution in [0.25, 0.3) is 0 Å². The van der Waals surface area contributed by atoms with Gasteiger partial charge in [0.15, 0.2) is 0 Å². The average molecular weight is 234 g/mol. The lowest BCUT2D eigenvalue weighted by Gasteiger charge is -2.32. The number of hydrogen-bond donors (Lipinski definition) is 0. The number of piperazine rings is 1. The molecule has 0 radical (unpaired) electrons. The molecule has 1 amide bonds. The summed E-state index contributed by atoms with van der Waals surface area (Å²) in [7, 11) is 1.98. The molecular formula is C14H22N2O. The van der Waals surface area contributed by atoms with Gasteiger partial charge in [-0.05, 0) is 25.6 Å². The second-order valence-corrected chi connectivity index (χ2v) is 3.94. The fourth-order valence-corrected chi connectivity index (χ4v) is 1.81. The smallest absolute Gasteiger partial charge is 0.241 e. The zero-order chi connectivity index (χ0) is 12.7. The van der Waals surface area contributed by atoms with Gasteiger partial charge < -0.3 is 4.90 Å². The number of hydrogen-bond acceptors (Lipinski definition) is 2. The van der Waals surface area contributed by atoms with Gasteiger partial charge in [0.1, 0.15) is 0 Å². The highest BCUT2D eigenvalue weighted by Crippen LogP contribution is 2.13. The molecule has 2 aliphatic rings. The number of rotatable bonds is 1. The summed E-state index contributed by atoms with van der Waals surface area (Å²) < 4.78 is 0. The first-order valence-corrected chi connectivity index (χ1v) is 6.29. The number of amides is 1. The molecule has 0 unspecified atom stereocenters. The first kappa shape index (κ1) is 13.7. The molecule has 1 heterocycles. The molecule has 0 bridgehead atoms. The molecule has 2 rings (SSSR count). The molecule has 1 fully saturated rings. The van der Waals surface area contributed by atoms with Crippen LogP contribution in [0.4, 0.5) is 0 Å². The van der Waals surface area contributed by atoms with Crippen LogP contribution in [0, 0.1) is 0 Å². The van der Waals surface area contributed by atoms with Crippen molar-refractivity contribution in [1.29, 1.82) is 0 Å². The minimum absolute atomic E-state index is 0.190. The molecule has 1 saturated heterocycles. The highest BCUT2D eigenvalue weighted by Gasteiger charge is 2.22. The van der Waals surface area contributed by atoms with Crippen molar-refractivity contribution < 1.29 is 4.79 Å². The number of carbonyl (C=O) groups is 1. The van der Waals surface area contributed by atoms with E-state index in [1.165, 1.54) is 0 Å². The number of likely N-dealkylation sites (N-methyl/N-ethyl adjacent to an activating group) is 1. The van der Waals surface area contributed by atoms with E-state index >= 15 is 0 Å². The molecule has 0 N–H and O–H groups in total. The van der Waals surface area contributed by atoms with E-state index in [9.17, 15) is 4.79 Å². The Kier molecular flexibility index (Phi) is 5.70. The topological polar surface area (TPSA) is 23.6 Å². The second-order valence-electron chi connectivity index (χ2n) is 3.94. The summed E-state index contributed by atoms with van der Waals surface area (Å²) in [4.78, 5) is 15.7. The van der Waals surface area contributed by atoms with Gasteiger partial charge in [-0.1, -0.05) is 32.1 Å². The van der Waals surface area contributed by atoms with Crippen LogP contribution in [0.1, 0.15) is 20.3 Å². The van der Waals surface area contributed by atoms with Gasteiger partial charge in [0.2, 0.25) is 5.91 Å². The van der Waals surface area contributed by atoms with Gasteiger partial charge in [0, 0.05) is 18.8 Å². The largest absolute Gasteiger partial charge is 0.310 e. The minimum atomic E-state index is 0.190. The molecule has 17 heavy (non-hydrogen) atoms. The Balaban J connectivity index is 0.000000686. The van der Waals surface area contributed by atoms with E-state index in [0.29, 0.717) is 6.54 Å². The molecule has 1 aliphatic carbocycles. The molecule has 0 aromatic heterocycles. The van der Waals surface area contributed by atoms with Gasteiger partial charge in [-0.2, -0.15) is 0 Å². The van der Waals surface area contributed by atoms with E-state index in [1.807, 2.05) is 44.0 Å². The van der Waals surface area contributed by atoms with E-state index in [4.69, 9.17) is 0 Å². The summed E-state index contributed by atoms with van der Waals surface area (Å²) >= 11 is 0. The van der Waals surface area contributed by atoms with E-state index in [1.54, 1.807) is 0 Å². The zero-order valence-electron chi connectivity index (χ0n) is 11.0. The van der Waals surface area contributed by atoms with Gasteiger partial charge in [-0.25, -0.2) is 0 Å². The van der Waals surface area contributed by atoms with Crippen LogP contribution >= 0.6 is 0 Å². The van der Waals surface area contributed by atoms with Crippen molar-refractivity contribution in [3.05, 3.63) is 36.1 Å². The monoisotopic (exact) mass is 234 g/mol. The summed E-state index contributed by atoms with van der Waals surface area (Å²) in [6, 6.07) is 0. The highest BCUT2D eigenvalue weighted by atomic mass is 16.2. The van der Waals surface area contributed by atoms with E-state index < -0.39 is 0 Å². The molecule has 3 heteroatoms. The van der Waals surface area contributed by atoms with Crippen LogP contribution in [-0.4, -0.2) is 42.4 Å². The molecule has 0 aromatic carbocycles. The predicted octanol–water partition coefficient (Wildman–Crippen LogP) is 2.19. The first-order valence-electron chi connectivity index (χ1n) is 6.29. The van der Waals surface area contributed by atoms with E-state index in [0.717, 1.165) is 25.2 Å². The average Bonchev–Trinajstić information content (AvgIpc) is 2.60. The Morgan fingerprint density at radius 2 is 1.94 bits per heavy atom. The molecule has 1 aliphatic heterocycles. The van der Waals surface area contributed by atoms with Crippen LogP contribution < -0.4 is 0 Å². The van der Waals surface area contributed by atoms with Gasteiger partial charge >= 0.3 is 0 Å². The maximum atomic E-state index is 11.8. The maximum Gasteiger partial charge on any atom is 0.241 e. The molecule has 0 saturated carbocycles. The third kappa shape index (κ3) is 3.86. The summed E-state index contributed by atoms with van der Waals surface area (Å²) in [5, 5.41) is 0. The Morgan fingerprint density at radius 1 is 1.18 bits per heavy atom. The summed E-state index contributed by atoms with van der Waals surface area (Å²) in [6.07, 6.45) is 11.2. The Morgan fingerprint density at radius 3 is 2.65 bits per heavy atom. The van der Waals surface area contributed by atoms with Gasteiger partial charge in [0.05, 0.1) is 6.54 Å². The second kappa shape index (κ2) is 7.07. The Labute approximate surface area is 104 Å². The third-order valence-corrected chi connectivity index (χ3v) is 2.69. The van der Waals surface area contributed by atoms with Crippen molar-refractivity contribution in [2.75, 3.05) is 26.7 Å². The third-order valence-electron chi connectivity index (χ3n) is 2.69. The van der Waals surface area contributed by atoms with E-state index in [2.05, 4.69) is 17.1 Å². The minimum Gasteiger partial charge on any atom is -0.310 e. The zero-order valence-corrected chi connectivity index (χ0v) is 11.0. The number of allylic oxidation sites excluding steroid dienone is 5. The number of carbonyl (C=O) groups excluding carboxylic acids is 1. The lowest BCUT2D eigenvalue weighted by molar-refractivity contribution is -0.132. The highest BCUT2D eigenvalue weighted by molar-refractivity contribution is 5.81. The first-order chi connectivity index (χ1) is 8.27. The predicted molar refractivity (Wildman–Crippen MR) is 71.5 cm³/mol. The van der Waals surface area contributed by atoms with Crippen LogP contribution in [0.2, 0.25) is 0 Å². The fraction of sp³-hybridized carbons (Fsp3) is 0.500. The SMILES string of the molecule is CC.CN1CCN(C2=CC=CCC=C2)C(=O)C1. The normalized spacial score (nSPS) is 20.5. The summed E-state index contributed by atoms with van der Waals surface area (Å²) in [6.45, 7) is 6.26. The van der Waals surface area contributed by atoms with Crippen LogP contribution in [-0.2, 0) is 4.79 Å². The quantitative estimate of drug-likeness (QED) is 0.694. The molecule has 3 nitrogen and oxygen atoms in total. The molecule has 0 spiro atoms. The number of nitrogens with zero attached hydrogens (tertiary/aromatic N) is 2. The molecule has 0 atom stereocenters. The molecule has 94 valence electrons. The van der Waals surface area contributed by atoms with Crippen molar-refractivity contribution in [2.24, 2.45) is 0 Å². The summed E-state index contributed by atoms with van der Waals surface area (Å²) in [5.41, 5.74) is 1.02.